The van der Waals surface area contributed by atoms with Crippen molar-refractivity contribution in [1.82, 2.24) is 0 Å². The smallest absolute Gasteiger partial charge is 0.224 e. The molecule has 2 aromatic rings. The second-order valence-electron chi connectivity index (χ2n) is 16.5. The number of piperazine rings is 6. The average molecular weight is 683 g/mol. The number of quaternary nitrogens is 4. The second kappa shape index (κ2) is 16.6. The van der Waals surface area contributed by atoms with E-state index in [0.29, 0.717) is 0 Å². The van der Waals surface area contributed by atoms with Crippen molar-refractivity contribution in [2.45, 2.75) is 79.1 Å². The van der Waals surface area contributed by atoms with Gasteiger partial charge < -0.3 is 18.4 Å². The standard InChI is InChI=1S/C44H66N4O2/c1-5-8-10-12-21-45-23-29-47(30-24-45,31-25-45)37-49-43-36-42(20-19-41-17-15-40(14-7-3)16-18-41)44(35-39(43)4)50-38-48-32-26-46(27-33-48,28-34-48)22-13-11-9-6-2/h15-18,35-36H,5-6,8-13,21-34,37-38H2,1-4H3/q+4. The molecule has 6 nitrogen and oxygen atoms in total. The van der Waals surface area contributed by atoms with E-state index in [2.05, 4.69) is 80.9 Å². The van der Waals surface area contributed by atoms with Crippen LogP contribution in [0.1, 0.15) is 94.4 Å². The van der Waals surface area contributed by atoms with Gasteiger partial charge in [-0.1, -0.05) is 57.3 Å². The van der Waals surface area contributed by atoms with E-state index in [1.807, 2.05) is 6.92 Å². The molecule has 0 spiro atoms. The number of hydrogen-bond donors (Lipinski definition) is 0. The Kier molecular flexibility index (Phi) is 12.2. The molecule has 270 valence electrons. The van der Waals surface area contributed by atoms with Gasteiger partial charge in [0, 0.05) is 17.2 Å². The zero-order valence-electron chi connectivity index (χ0n) is 32.0. The predicted octanol–water partition coefficient (Wildman–Crippen LogP) is 6.92. The third kappa shape index (κ3) is 8.89. The van der Waals surface area contributed by atoms with E-state index in [1.54, 1.807) is 0 Å². The van der Waals surface area contributed by atoms with Crippen molar-refractivity contribution in [1.29, 1.82) is 0 Å². The van der Waals surface area contributed by atoms with E-state index in [-0.39, 0.29) is 0 Å². The fraction of sp³-hybridized carbons (Fsp3) is 0.636. The zero-order chi connectivity index (χ0) is 34.9. The lowest BCUT2D eigenvalue weighted by Gasteiger charge is -2.55. The predicted molar refractivity (Wildman–Crippen MR) is 205 cm³/mol. The number of nitrogens with zero attached hydrogens (tertiary/aromatic N) is 4. The van der Waals surface area contributed by atoms with Gasteiger partial charge in [-0.2, -0.15) is 0 Å². The van der Waals surface area contributed by atoms with Crippen LogP contribution in [0.2, 0.25) is 0 Å². The molecule has 0 aromatic heterocycles. The summed E-state index contributed by atoms with van der Waals surface area (Å²) in [7, 11) is 0. The van der Waals surface area contributed by atoms with Crippen molar-refractivity contribution in [3.05, 3.63) is 58.7 Å². The molecule has 6 fully saturated rings. The van der Waals surface area contributed by atoms with Gasteiger partial charge in [-0.3, -0.25) is 8.97 Å². The van der Waals surface area contributed by atoms with Gasteiger partial charge in [0.25, 0.3) is 0 Å². The highest BCUT2D eigenvalue weighted by Crippen LogP contribution is 2.33. The van der Waals surface area contributed by atoms with Crippen LogP contribution in [0.3, 0.4) is 0 Å². The van der Waals surface area contributed by atoms with Crippen molar-refractivity contribution in [2.75, 3.05) is 105 Å². The summed E-state index contributed by atoms with van der Waals surface area (Å²) in [4.78, 5) is 0. The van der Waals surface area contributed by atoms with E-state index in [0.717, 1.165) is 56.2 Å². The summed E-state index contributed by atoms with van der Waals surface area (Å²) in [5.41, 5.74) is 4.07. The minimum absolute atomic E-state index is 0.729. The molecule has 8 rings (SSSR count). The quantitative estimate of drug-likeness (QED) is 0.109. The van der Waals surface area contributed by atoms with Gasteiger partial charge in [0.05, 0.1) is 18.7 Å². The highest BCUT2D eigenvalue weighted by atomic mass is 16.5. The van der Waals surface area contributed by atoms with Crippen LogP contribution in [0.15, 0.2) is 36.4 Å². The molecule has 6 aliphatic heterocycles. The van der Waals surface area contributed by atoms with Crippen molar-refractivity contribution in [3.8, 4) is 35.2 Å². The Labute approximate surface area is 304 Å². The molecule has 50 heavy (non-hydrogen) atoms. The molecule has 6 heterocycles. The lowest BCUT2D eigenvalue weighted by atomic mass is 10.1. The molecule has 0 amide bonds. The maximum atomic E-state index is 6.80. The van der Waals surface area contributed by atoms with Crippen LogP contribution < -0.4 is 9.47 Å². The second-order valence-corrected chi connectivity index (χ2v) is 16.5. The third-order valence-corrected chi connectivity index (χ3v) is 13.0. The van der Waals surface area contributed by atoms with Crippen LogP contribution >= 0.6 is 0 Å². The molecule has 6 heteroatoms. The monoisotopic (exact) mass is 683 g/mol. The van der Waals surface area contributed by atoms with Gasteiger partial charge in [-0.25, -0.2) is 0 Å². The van der Waals surface area contributed by atoms with Crippen molar-refractivity contribution >= 4 is 0 Å². The largest absolute Gasteiger partial charge is 0.445 e. The van der Waals surface area contributed by atoms with Gasteiger partial charge in [0.1, 0.15) is 90.0 Å². The summed E-state index contributed by atoms with van der Waals surface area (Å²) in [6.07, 6.45) is 10.9. The van der Waals surface area contributed by atoms with Gasteiger partial charge in [0.2, 0.25) is 13.5 Å². The lowest BCUT2D eigenvalue weighted by molar-refractivity contribution is -1.09. The van der Waals surface area contributed by atoms with Crippen molar-refractivity contribution < 1.29 is 27.4 Å². The molecule has 0 atom stereocenters. The van der Waals surface area contributed by atoms with E-state index < -0.39 is 0 Å². The minimum Gasteiger partial charge on any atom is -0.445 e. The lowest BCUT2D eigenvalue weighted by Crippen LogP contribution is -2.75. The number of ether oxygens (including phenoxy) is 2. The van der Waals surface area contributed by atoms with Gasteiger partial charge in [-0.15, -0.1) is 5.92 Å². The first-order valence-corrected chi connectivity index (χ1v) is 20.2. The molecule has 0 radical (unpaired) electrons. The normalized spacial score (nSPS) is 28.0. The minimum atomic E-state index is 0.729. The summed E-state index contributed by atoms with van der Waals surface area (Å²) in [6.45, 7) is 28.1. The van der Waals surface area contributed by atoms with Gasteiger partial charge >= 0.3 is 0 Å². The Bertz CT molecular complexity index is 1510. The Morgan fingerprint density at radius 2 is 0.960 bits per heavy atom. The molecule has 0 saturated carbocycles. The van der Waals surface area contributed by atoms with Crippen molar-refractivity contribution in [2.24, 2.45) is 0 Å². The van der Waals surface area contributed by atoms with Crippen LogP contribution in [-0.2, 0) is 0 Å². The summed E-state index contributed by atoms with van der Waals surface area (Å²) < 4.78 is 18.4. The zero-order valence-corrected chi connectivity index (χ0v) is 32.0. The third-order valence-electron chi connectivity index (χ3n) is 13.0. The first-order chi connectivity index (χ1) is 24.3. The first kappa shape index (κ1) is 36.8. The number of hydrogen-bond acceptors (Lipinski definition) is 2. The highest BCUT2D eigenvalue weighted by Gasteiger charge is 2.50. The van der Waals surface area contributed by atoms with E-state index in [4.69, 9.17) is 9.47 Å². The van der Waals surface area contributed by atoms with Crippen LogP contribution in [0, 0.1) is 30.6 Å². The molecule has 4 bridgehead atoms. The highest BCUT2D eigenvalue weighted by molar-refractivity contribution is 5.55. The maximum Gasteiger partial charge on any atom is 0.224 e. The Morgan fingerprint density at radius 1 is 0.520 bits per heavy atom. The Hall–Kier alpha value is -3.00. The van der Waals surface area contributed by atoms with Crippen LogP contribution in [0.5, 0.6) is 11.5 Å². The number of rotatable bonds is 16. The molecular weight excluding hydrogens is 617 g/mol. The fourth-order valence-electron chi connectivity index (χ4n) is 9.06. The molecule has 2 aromatic carbocycles. The molecule has 0 N–H and O–H groups in total. The van der Waals surface area contributed by atoms with E-state index in [9.17, 15) is 0 Å². The van der Waals surface area contributed by atoms with Crippen LogP contribution in [0.25, 0.3) is 0 Å². The van der Waals surface area contributed by atoms with Gasteiger partial charge in [-0.05, 0) is 75.4 Å². The van der Waals surface area contributed by atoms with Crippen molar-refractivity contribution in [3.63, 3.8) is 0 Å². The fourth-order valence-corrected chi connectivity index (χ4v) is 9.06. The topological polar surface area (TPSA) is 18.5 Å². The van der Waals surface area contributed by atoms with Crippen LogP contribution in [0.4, 0.5) is 0 Å². The molecule has 0 unspecified atom stereocenters. The Balaban J connectivity index is 1.13. The molecule has 6 aliphatic rings. The number of fused-ring (bicyclic) bond motifs is 6. The number of unbranched alkanes of at least 4 members (excludes halogenated alkanes) is 6. The van der Waals surface area contributed by atoms with E-state index >= 15 is 0 Å². The van der Waals surface area contributed by atoms with Gasteiger partial charge in [0.15, 0.2) is 0 Å². The number of benzene rings is 2. The summed E-state index contributed by atoms with van der Waals surface area (Å²) in [5, 5.41) is 0. The maximum absolute atomic E-state index is 6.80. The summed E-state index contributed by atoms with van der Waals surface area (Å²) in [5.74, 6) is 14.9. The number of aryl methyl sites for hydroxylation is 1. The van der Waals surface area contributed by atoms with Crippen LogP contribution in [-0.4, -0.2) is 123 Å². The SMILES string of the molecule is CC#Cc1ccc(C#Cc2cc(OC[N+]34CC[N+](CCCCCC)(CC3)CC4)c(C)cc2OC[N+]23CC[N+](CCCCCC)(CC2)CC3)cc1. The first-order valence-electron chi connectivity index (χ1n) is 20.2. The molecule has 0 aliphatic carbocycles. The average Bonchev–Trinajstić information content (AvgIpc) is 3.16. The molecular formula is C44H66N4O2+4. The van der Waals surface area contributed by atoms with E-state index in [1.165, 1.54) is 152 Å². The summed E-state index contributed by atoms with van der Waals surface area (Å²) in [6, 6.07) is 12.6. The Morgan fingerprint density at radius 3 is 1.42 bits per heavy atom. The summed E-state index contributed by atoms with van der Waals surface area (Å²) >= 11 is 0. The molecule has 6 saturated heterocycles.